The molecule has 0 spiro atoms. The second-order valence-corrected chi connectivity index (χ2v) is 3.66. The fourth-order valence-electron chi connectivity index (χ4n) is 1.59. The van der Waals surface area contributed by atoms with Crippen molar-refractivity contribution in [3.63, 3.8) is 0 Å². The number of phenols is 1. The minimum atomic E-state index is 0.305. The molecule has 1 aromatic rings. The Morgan fingerprint density at radius 1 is 1.36 bits per heavy atom. The fourth-order valence-corrected chi connectivity index (χ4v) is 1.59. The van der Waals surface area contributed by atoms with Gasteiger partial charge in [0.05, 0.1) is 6.61 Å². The van der Waals surface area contributed by atoms with E-state index in [2.05, 4.69) is 5.32 Å². The molecule has 0 radical (unpaired) electrons. The van der Waals surface area contributed by atoms with Crippen LogP contribution < -0.4 is 5.32 Å². The van der Waals surface area contributed by atoms with Crippen LogP contribution >= 0.6 is 0 Å². The largest absolute Gasteiger partial charge is 0.508 e. The second kappa shape index (κ2) is 4.33. The zero-order valence-electron chi connectivity index (χ0n) is 8.07. The number of hydrogen-bond donors (Lipinski definition) is 2. The molecular weight excluding hydrogens is 178 g/mol. The lowest BCUT2D eigenvalue weighted by atomic mass is 10.1. The third-order valence-corrected chi connectivity index (χ3v) is 2.49. The molecular formula is C11H15NO2. The first-order chi connectivity index (χ1) is 6.84. The zero-order chi connectivity index (χ0) is 9.80. The molecule has 0 amide bonds. The highest BCUT2D eigenvalue weighted by atomic mass is 16.5. The van der Waals surface area contributed by atoms with Gasteiger partial charge in [0.25, 0.3) is 0 Å². The van der Waals surface area contributed by atoms with Crippen molar-refractivity contribution >= 4 is 5.69 Å². The van der Waals surface area contributed by atoms with E-state index in [-0.39, 0.29) is 0 Å². The predicted octanol–water partition coefficient (Wildman–Crippen LogP) is 1.84. The van der Waals surface area contributed by atoms with Crippen molar-refractivity contribution in [3.8, 4) is 5.75 Å². The van der Waals surface area contributed by atoms with Crippen LogP contribution in [0, 0.1) is 5.92 Å². The molecule has 1 heterocycles. The Kier molecular flexibility index (Phi) is 2.89. The van der Waals surface area contributed by atoms with Crippen molar-refractivity contribution in [1.29, 1.82) is 0 Å². The lowest BCUT2D eigenvalue weighted by Gasteiger charge is -2.10. The molecule has 1 aromatic carbocycles. The maximum atomic E-state index is 9.09. The number of anilines is 1. The Morgan fingerprint density at radius 3 is 2.79 bits per heavy atom. The molecule has 76 valence electrons. The van der Waals surface area contributed by atoms with Gasteiger partial charge in [-0.1, -0.05) is 0 Å². The van der Waals surface area contributed by atoms with Crippen molar-refractivity contribution in [1.82, 2.24) is 0 Å². The Balaban J connectivity index is 1.82. The molecule has 1 aliphatic rings. The quantitative estimate of drug-likeness (QED) is 0.720. The van der Waals surface area contributed by atoms with Crippen molar-refractivity contribution < 1.29 is 9.84 Å². The molecule has 1 atom stereocenters. The molecule has 3 heteroatoms. The average molecular weight is 193 g/mol. The molecule has 0 saturated carbocycles. The average Bonchev–Trinajstić information content (AvgIpc) is 2.70. The van der Waals surface area contributed by atoms with Crippen LogP contribution in [0.3, 0.4) is 0 Å². The third-order valence-electron chi connectivity index (χ3n) is 2.49. The van der Waals surface area contributed by atoms with Gasteiger partial charge in [-0.05, 0) is 30.7 Å². The minimum Gasteiger partial charge on any atom is -0.508 e. The highest BCUT2D eigenvalue weighted by Crippen LogP contribution is 2.16. The van der Waals surface area contributed by atoms with E-state index in [1.54, 1.807) is 12.1 Å². The minimum absolute atomic E-state index is 0.305. The lowest BCUT2D eigenvalue weighted by molar-refractivity contribution is 0.187. The summed E-state index contributed by atoms with van der Waals surface area (Å²) in [5.41, 5.74) is 1.05. The van der Waals surface area contributed by atoms with Gasteiger partial charge in [0.2, 0.25) is 0 Å². The maximum absolute atomic E-state index is 9.09. The van der Waals surface area contributed by atoms with Crippen LogP contribution in [0.15, 0.2) is 24.3 Å². The van der Waals surface area contributed by atoms with Gasteiger partial charge in [-0.25, -0.2) is 0 Å². The van der Waals surface area contributed by atoms with E-state index in [0.717, 1.165) is 31.9 Å². The number of phenolic OH excluding ortho intramolecular Hbond substituents is 1. The van der Waals surface area contributed by atoms with Crippen LogP contribution in [-0.4, -0.2) is 24.9 Å². The maximum Gasteiger partial charge on any atom is 0.115 e. The summed E-state index contributed by atoms with van der Waals surface area (Å²) in [6.07, 6.45) is 1.14. The summed E-state index contributed by atoms with van der Waals surface area (Å²) < 4.78 is 5.28. The number of rotatable bonds is 3. The number of ether oxygens (including phenoxy) is 1. The van der Waals surface area contributed by atoms with Crippen LogP contribution in [0.4, 0.5) is 5.69 Å². The van der Waals surface area contributed by atoms with Crippen LogP contribution in [0.2, 0.25) is 0 Å². The Morgan fingerprint density at radius 2 is 2.14 bits per heavy atom. The van der Waals surface area contributed by atoms with E-state index in [0.29, 0.717) is 11.7 Å². The van der Waals surface area contributed by atoms with E-state index in [9.17, 15) is 0 Å². The molecule has 0 bridgehead atoms. The first-order valence-electron chi connectivity index (χ1n) is 4.95. The van der Waals surface area contributed by atoms with Crippen LogP contribution in [-0.2, 0) is 4.74 Å². The monoisotopic (exact) mass is 193 g/mol. The predicted molar refractivity (Wildman–Crippen MR) is 55.5 cm³/mol. The Hall–Kier alpha value is -1.22. The van der Waals surface area contributed by atoms with E-state index >= 15 is 0 Å². The molecule has 0 aliphatic carbocycles. The van der Waals surface area contributed by atoms with Gasteiger partial charge in [-0.15, -0.1) is 0 Å². The smallest absolute Gasteiger partial charge is 0.115 e. The standard InChI is InChI=1S/C11H15NO2/c13-11-3-1-10(2-4-11)12-7-9-5-6-14-8-9/h1-4,9,12-13H,5-8H2. The first kappa shape index (κ1) is 9.34. The summed E-state index contributed by atoms with van der Waals surface area (Å²) in [6, 6.07) is 7.14. The summed E-state index contributed by atoms with van der Waals surface area (Å²) in [6.45, 7) is 2.71. The van der Waals surface area contributed by atoms with Gasteiger partial charge >= 0.3 is 0 Å². The van der Waals surface area contributed by atoms with Gasteiger partial charge in [-0.3, -0.25) is 0 Å². The van der Waals surface area contributed by atoms with E-state index in [4.69, 9.17) is 9.84 Å². The van der Waals surface area contributed by atoms with Crippen LogP contribution in [0.25, 0.3) is 0 Å². The van der Waals surface area contributed by atoms with Gasteiger partial charge in [0.15, 0.2) is 0 Å². The molecule has 1 aliphatic heterocycles. The Labute approximate surface area is 83.7 Å². The lowest BCUT2D eigenvalue weighted by Crippen LogP contribution is -2.13. The number of nitrogens with one attached hydrogen (secondary N) is 1. The topological polar surface area (TPSA) is 41.5 Å². The summed E-state index contributed by atoms with van der Waals surface area (Å²) in [4.78, 5) is 0. The van der Waals surface area contributed by atoms with Crippen LogP contribution in [0.1, 0.15) is 6.42 Å². The van der Waals surface area contributed by atoms with Crippen molar-refractivity contribution in [2.45, 2.75) is 6.42 Å². The van der Waals surface area contributed by atoms with E-state index < -0.39 is 0 Å². The number of benzene rings is 1. The fraction of sp³-hybridized carbons (Fsp3) is 0.455. The summed E-state index contributed by atoms with van der Waals surface area (Å²) in [5, 5.41) is 12.4. The van der Waals surface area contributed by atoms with E-state index in [1.807, 2.05) is 12.1 Å². The molecule has 3 nitrogen and oxygen atoms in total. The van der Waals surface area contributed by atoms with Gasteiger partial charge in [0, 0.05) is 24.8 Å². The molecule has 2 rings (SSSR count). The first-order valence-corrected chi connectivity index (χ1v) is 4.95. The highest BCUT2D eigenvalue weighted by Gasteiger charge is 2.14. The molecule has 0 aromatic heterocycles. The number of aromatic hydroxyl groups is 1. The van der Waals surface area contributed by atoms with Crippen molar-refractivity contribution in [3.05, 3.63) is 24.3 Å². The third kappa shape index (κ3) is 2.39. The van der Waals surface area contributed by atoms with Crippen molar-refractivity contribution in [2.24, 2.45) is 5.92 Å². The Bertz CT molecular complexity index is 278. The van der Waals surface area contributed by atoms with E-state index in [1.165, 1.54) is 0 Å². The van der Waals surface area contributed by atoms with Gasteiger partial charge in [0.1, 0.15) is 5.75 Å². The summed E-state index contributed by atoms with van der Waals surface area (Å²) >= 11 is 0. The summed E-state index contributed by atoms with van der Waals surface area (Å²) in [5.74, 6) is 0.934. The normalized spacial score (nSPS) is 21.0. The molecule has 2 N–H and O–H groups in total. The zero-order valence-corrected chi connectivity index (χ0v) is 8.07. The number of hydrogen-bond acceptors (Lipinski definition) is 3. The molecule has 14 heavy (non-hydrogen) atoms. The molecule has 1 fully saturated rings. The van der Waals surface area contributed by atoms with Gasteiger partial charge < -0.3 is 15.2 Å². The SMILES string of the molecule is Oc1ccc(NCC2CCOC2)cc1. The molecule has 1 unspecified atom stereocenters. The second-order valence-electron chi connectivity index (χ2n) is 3.66. The summed E-state index contributed by atoms with van der Waals surface area (Å²) in [7, 11) is 0. The van der Waals surface area contributed by atoms with Gasteiger partial charge in [-0.2, -0.15) is 0 Å². The highest BCUT2D eigenvalue weighted by molar-refractivity contribution is 5.45. The molecule has 1 saturated heterocycles. The van der Waals surface area contributed by atoms with Crippen molar-refractivity contribution in [2.75, 3.05) is 25.1 Å². The van der Waals surface area contributed by atoms with Crippen LogP contribution in [0.5, 0.6) is 5.75 Å².